The van der Waals surface area contributed by atoms with E-state index in [0.717, 1.165) is 33.9 Å². The van der Waals surface area contributed by atoms with Crippen LogP contribution in [0.15, 0.2) is 72.8 Å². The lowest BCUT2D eigenvalue weighted by Gasteiger charge is -2.21. The number of ether oxygens (including phenoxy) is 3. The van der Waals surface area contributed by atoms with E-state index < -0.39 is 9.75 Å². The van der Waals surface area contributed by atoms with Crippen LogP contribution in [0, 0.1) is 0 Å². The van der Waals surface area contributed by atoms with Crippen molar-refractivity contribution in [2.75, 3.05) is 21.3 Å². The number of benzene rings is 3. The molecule has 4 rings (SSSR count). The zero-order valence-electron chi connectivity index (χ0n) is 16.5. The first kappa shape index (κ1) is 19.9. The van der Waals surface area contributed by atoms with Gasteiger partial charge in [-0.15, -0.1) is 0 Å². The summed E-state index contributed by atoms with van der Waals surface area (Å²) in [5.74, 6) is 2.25. The Morgan fingerprint density at radius 2 is 0.931 bits per heavy atom. The Morgan fingerprint density at radius 3 is 1.28 bits per heavy atom. The molecule has 1 aliphatic carbocycles. The largest absolute Gasteiger partial charge is 0.497 e. The highest BCUT2D eigenvalue weighted by Gasteiger charge is 2.77. The lowest BCUT2D eigenvalue weighted by Crippen LogP contribution is -2.17. The first-order valence-electron chi connectivity index (χ1n) is 9.30. The molecule has 0 aliphatic heterocycles. The molecule has 0 N–H and O–H groups in total. The highest BCUT2D eigenvalue weighted by molar-refractivity contribution is 6.53. The summed E-state index contributed by atoms with van der Waals surface area (Å²) in [6.45, 7) is 0. The molecule has 5 heteroatoms. The maximum absolute atomic E-state index is 7.03. The summed E-state index contributed by atoms with van der Waals surface area (Å²) in [6, 6.07) is 23.8. The van der Waals surface area contributed by atoms with Crippen molar-refractivity contribution >= 4 is 23.2 Å². The topological polar surface area (TPSA) is 27.7 Å². The molecule has 0 bridgehead atoms. The first-order chi connectivity index (χ1) is 14.0. The molecule has 0 heterocycles. The molecule has 3 nitrogen and oxygen atoms in total. The minimum atomic E-state index is -1.01. The lowest BCUT2D eigenvalue weighted by atomic mass is 9.84. The molecule has 1 saturated carbocycles. The molecule has 29 heavy (non-hydrogen) atoms. The molecular formula is C24H22Cl2O3. The van der Waals surface area contributed by atoms with Gasteiger partial charge in [0.25, 0.3) is 0 Å². The summed E-state index contributed by atoms with van der Waals surface area (Å²) >= 11 is 14.1. The van der Waals surface area contributed by atoms with Gasteiger partial charge in [-0.25, -0.2) is 0 Å². The molecule has 1 atom stereocenters. The average molecular weight is 429 g/mol. The van der Waals surface area contributed by atoms with Crippen molar-refractivity contribution in [3.8, 4) is 17.2 Å². The SMILES string of the molecule is COc1ccc(C2C(Cl)(Cl)C2(c2ccc(OC)cc2)c2ccc(OC)cc2)cc1. The Bertz CT molecular complexity index is 933. The predicted octanol–water partition coefficient (Wildman–Crippen LogP) is 5.97. The minimum Gasteiger partial charge on any atom is -0.497 e. The van der Waals surface area contributed by atoms with Gasteiger partial charge in [-0.2, -0.15) is 0 Å². The van der Waals surface area contributed by atoms with E-state index in [1.807, 2.05) is 72.8 Å². The van der Waals surface area contributed by atoms with Crippen molar-refractivity contribution in [3.63, 3.8) is 0 Å². The summed E-state index contributed by atoms with van der Waals surface area (Å²) in [5, 5.41) is 0. The van der Waals surface area contributed by atoms with Crippen LogP contribution in [-0.4, -0.2) is 25.7 Å². The lowest BCUT2D eigenvalue weighted by molar-refractivity contribution is 0.414. The molecule has 0 radical (unpaired) electrons. The standard InChI is InChI=1S/C24H22Cl2O3/c1-27-19-10-4-16(5-11-19)22-23(24(22,25)26,17-6-12-20(28-2)13-7-17)18-8-14-21(29-3)15-9-18/h4-15,22H,1-3H3. The van der Waals surface area contributed by atoms with Crippen LogP contribution in [0.5, 0.6) is 17.2 Å². The normalized spacial score (nSPS) is 18.7. The number of halogens is 2. The number of methoxy groups -OCH3 is 3. The van der Waals surface area contributed by atoms with E-state index in [1.165, 1.54) is 0 Å². The zero-order valence-corrected chi connectivity index (χ0v) is 18.0. The van der Waals surface area contributed by atoms with Crippen LogP contribution in [0.4, 0.5) is 0 Å². The Morgan fingerprint density at radius 1 is 0.586 bits per heavy atom. The van der Waals surface area contributed by atoms with E-state index in [9.17, 15) is 0 Å². The van der Waals surface area contributed by atoms with Crippen LogP contribution in [0.25, 0.3) is 0 Å². The fourth-order valence-corrected chi connectivity index (χ4v) is 5.38. The second-order valence-electron chi connectivity index (χ2n) is 7.09. The predicted molar refractivity (Wildman–Crippen MR) is 117 cm³/mol. The molecule has 1 fully saturated rings. The van der Waals surface area contributed by atoms with E-state index in [-0.39, 0.29) is 5.92 Å². The fraction of sp³-hybridized carbons (Fsp3) is 0.250. The molecule has 0 amide bonds. The molecule has 3 aromatic carbocycles. The Kier molecular flexibility index (Phi) is 5.14. The number of hydrogen-bond donors (Lipinski definition) is 0. The van der Waals surface area contributed by atoms with Gasteiger partial charge in [0.1, 0.15) is 21.6 Å². The third kappa shape index (κ3) is 3.04. The zero-order chi connectivity index (χ0) is 20.6. The van der Waals surface area contributed by atoms with E-state index in [1.54, 1.807) is 21.3 Å². The highest BCUT2D eigenvalue weighted by atomic mass is 35.5. The summed E-state index contributed by atoms with van der Waals surface area (Å²) in [5.41, 5.74) is 2.54. The van der Waals surface area contributed by atoms with Gasteiger partial charge in [0.2, 0.25) is 0 Å². The molecule has 1 aliphatic rings. The van der Waals surface area contributed by atoms with Crippen molar-refractivity contribution < 1.29 is 14.2 Å². The van der Waals surface area contributed by atoms with E-state index in [4.69, 9.17) is 37.4 Å². The van der Waals surface area contributed by atoms with Crippen LogP contribution in [0.2, 0.25) is 0 Å². The van der Waals surface area contributed by atoms with Crippen molar-refractivity contribution in [2.45, 2.75) is 15.7 Å². The van der Waals surface area contributed by atoms with Crippen LogP contribution in [0.1, 0.15) is 22.6 Å². The van der Waals surface area contributed by atoms with Gasteiger partial charge in [0, 0.05) is 5.92 Å². The second-order valence-corrected chi connectivity index (χ2v) is 8.48. The van der Waals surface area contributed by atoms with Crippen molar-refractivity contribution in [1.82, 2.24) is 0 Å². The smallest absolute Gasteiger partial charge is 0.140 e. The molecule has 150 valence electrons. The molecule has 0 aromatic heterocycles. The third-order valence-electron chi connectivity index (χ3n) is 5.78. The maximum Gasteiger partial charge on any atom is 0.140 e. The molecule has 0 saturated heterocycles. The average Bonchev–Trinajstić information content (AvgIpc) is 3.30. The number of hydrogen-bond acceptors (Lipinski definition) is 3. The maximum atomic E-state index is 7.03. The Balaban J connectivity index is 1.87. The second kappa shape index (κ2) is 7.47. The molecule has 1 unspecified atom stereocenters. The van der Waals surface area contributed by atoms with Crippen molar-refractivity contribution in [1.29, 1.82) is 0 Å². The van der Waals surface area contributed by atoms with Crippen LogP contribution in [0.3, 0.4) is 0 Å². The first-order valence-corrected chi connectivity index (χ1v) is 10.1. The van der Waals surface area contributed by atoms with Gasteiger partial charge >= 0.3 is 0 Å². The fourth-order valence-electron chi connectivity index (χ4n) is 4.25. The Labute approximate surface area is 181 Å². The highest BCUT2D eigenvalue weighted by Crippen LogP contribution is 2.77. The van der Waals surface area contributed by atoms with E-state index in [0.29, 0.717) is 0 Å². The summed E-state index contributed by atoms with van der Waals surface area (Å²) in [4.78, 5) is 0. The van der Waals surface area contributed by atoms with Gasteiger partial charge in [-0.3, -0.25) is 0 Å². The van der Waals surface area contributed by atoms with Crippen LogP contribution in [-0.2, 0) is 5.41 Å². The quantitative estimate of drug-likeness (QED) is 0.452. The minimum absolute atomic E-state index is 0.119. The summed E-state index contributed by atoms with van der Waals surface area (Å²) in [6.07, 6.45) is 0. The van der Waals surface area contributed by atoms with E-state index in [2.05, 4.69) is 0 Å². The van der Waals surface area contributed by atoms with E-state index >= 15 is 0 Å². The van der Waals surface area contributed by atoms with Gasteiger partial charge in [-0.1, -0.05) is 59.6 Å². The number of alkyl halides is 2. The van der Waals surface area contributed by atoms with Crippen LogP contribution >= 0.6 is 23.2 Å². The monoisotopic (exact) mass is 428 g/mol. The van der Waals surface area contributed by atoms with Gasteiger partial charge in [0.05, 0.1) is 26.7 Å². The van der Waals surface area contributed by atoms with Gasteiger partial charge < -0.3 is 14.2 Å². The number of rotatable bonds is 6. The third-order valence-corrected chi connectivity index (χ3v) is 6.81. The van der Waals surface area contributed by atoms with Gasteiger partial charge in [0.15, 0.2) is 0 Å². The van der Waals surface area contributed by atoms with Crippen molar-refractivity contribution in [2.24, 2.45) is 0 Å². The molecular weight excluding hydrogens is 407 g/mol. The van der Waals surface area contributed by atoms with Crippen molar-refractivity contribution in [3.05, 3.63) is 89.5 Å². The summed E-state index contributed by atoms with van der Waals surface area (Å²) < 4.78 is 15.0. The Hall–Kier alpha value is -2.36. The van der Waals surface area contributed by atoms with Crippen LogP contribution < -0.4 is 14.2 Å². The molecule has 0 spiro atoms. The van der Waals surface area contributed by atoms with Gasteiger partial charge in [-0.05, 0) is 53.1 Å². The molecule has 3 aromatic rings. The summed E-state index contributed by atoms with van der Waals surface area (Å²) in [7, 11) is 4.95.